The SMILES string of the molecule is CC1CCc2ccccc2N1CC(=O)NCCN1C(=O)S/C(=C/c2ccccc2F)C1=O. The van der Waals surface area contributed by atoms with E-state index < -0.39 is 17.0 Å². The summed E-state index contributed by atoms with van der Waals surface area (Å²) in [6.07, 6.45) is 3.36. The van der Waals surface area contributed by atoms with Gasteiger partial charge in [-0.3, -0.25) is 19.3 Å². The van der Waals surface area contributed by atoms with Crippen LogP contribution in [-0.4, -0.2) is 47.6 Å². The van der Waals surface area contributed by atoms with Gasteiger partial charge in [-0.05, 0) is 55.3 Å². The number of carbonyl (C=O) groups excluding carboxylic acids is 3. The Labute approximate surface area is 190 Å². The zero-order valence-electron chi connectivity index (χ0n) is 17.7. The number of fused-ring (bicyclic) bond motifs is 1. The van der Waals surface area contributed by atoms with Crippen LogP contribution in [0.15, 0.2) is 53.4 Å². The number of rotatable bonds is 6. The summed E-state index contributed by atoms with van der Waals surface area (Å²) in [5, 5.41) is 2.38. The van der Waals surface area contributed by atoms with E-state index in [4.69, 9.17) is 0 Å². The second-order valence-corrected chi connectivity index (χ2v) is 8.84. The van der Waals surface area contributed by atoms with E-state index in [1.807, 2.05) is 18.2 Å². The molecule has 4 rings (SSSR count). The first-order valence-electron chi connectivity index (χ1n) is 10.5. The number of nitrogens with zero attached hydrogens (tertiary/aromatic N) is 2. The lowest BCUT2D eigenvalue weighted by Crippen LogP contribution is -2.46. The van der Waals surface area contributed by atoms with Gasteiger partial charge in [-0.25, -0.2) is 4.39 Å². The van der Waals surface area contributed by atoms with E-state index in [1.54, 1.807) is 18.2 Å². The first kappa shape index (κ1) is 22.1. The van der Waals surface area contributed by atoms with Crippen molar-refractivity contribution in [1.82, 2.24) is 10.2 Å². The number of carbonyl (C=O) groups is 3. The van der Waals surface area contributed by atoms with Crippen molar-refractivity contribution >= 4 is 40.6 Å². The molecule has 32 heavy (non-hydrogen) atoms. The molecule has 8 heteroatoms. The number of imide groups is 1. The molecule has 1 atom stereocenters. The average molecular weight is 454 g/mol. The molecule has 166 valence electrons. The van der Waals surface area contributed by atoms with Crippen LogP contribution in [0.3, 0.4) is 0 Å². The maximum Gasteiger partial charge on any atom is 0.293 e. The number of thioether (sulfide) groups is 1. The number of hydrogen-bond donors (Lipinski definition) is 1. The topological polar surface area (TPSA) is 69.7 Å². The van der Waals surface area contributed by atoms with Gasteiger partial charge < -0.3 is 10.2 Å². The monoisotopic (exact) mass is 453 g/mol. The zero-order chi connectivity index (χ0) is 22.7. The van der Waals surface area contributed by atoms with Gasteiger partial charge >= 0.3 is 0 Å². The third-order valence-electron chi connectivity index (χ3n) is 5.70. The van der Waals surface area contributed by atoms with Gasteiger partial charge in [0.05, 0.1) is 11.4 Å². The zero-order valence-corrected chi connectivity index (χ0v) is 18.5. The minimum Gasteiger partial charge on any atom is -0.359 e. The van der Waals surface area contributed by atoms with Crippen LogP contribution < -0.4 is 10.2 Å². The van der Waals surface area contributed by atoms with Gasteiger partial charge in [-0.15, -0.1) is 0 Å². The molecule has 0 saturated carbocycles. The van der Waals surface area contributed by atoms with Gasteiger partial charge in [-0.1, -0.05) is 36.4 Å². The van der Waals surface area contributed by atoms with Crippen molar-refractivity contribution in [3.63, 3.8) is 0 Å². The van der Waals surface area contributed by atoms with E-state index in [1.165, 1.54) is 17.7 Å². The highest BCUT2D eigenvalue weighted by atomic mass is 32.2. The van der Waals surface area contributed by atoms with Gasteiger partial charge in [0.1, 0.15) is 5.82 Å². The highest BCUT2D eigenvalue weighted by Gasteiger charge is 2.35. The lowest BCUT2D eigenvalue weighted by molar-refractivity contribution is -0.124. The van der Waals surface area contributed by atoms with Crippen LogP contribution in [0.5, 0.6) is 0 Å². The molecule has 2 aromatic rings. The standard InChI is InChI=1S/C24H24FN3O3S/c1-16-10-11-17-6-3-5-9-20(17)28(16)15-22(29)26-12-13-27-23(30)21(32-24(27)31)14-18-7-2-4-8-19(18)25/h2-9,14,16H,10-13,15H2,1H3,(H,26,29)/b21-14+. The summed E-state index contributed by atoms with van der Waals surface area (Å²) in [5.74, 6) is -1.10. The van der Waals surface area contributed by atoms with Gasteiger partial charge in [0.2, 0.25) is 5.91 Å². The molecule has 6 nitrogen and oxygen atoms in total. The van der Waals surface area contributed by atoms with Crippen molar-refractivity contribution in [2.24, 2.45) is 0 Å². The number of nitrogens with one attached hydrogen (secondary N) is 1. The highest BCUT2D eigenvalue weighted by Crippen LogP contribution is 2.32. The Morgan fingerprint density at radius 2 is 1.94 bits per heavy atom. The van der Waals surface area contributed by atoms with Crippen LogP contribution in [0.4, 0.5) is 14.9 Å². The molecule has 0 aliphatic carbocycles. The molecule has 2 heterocycles. The first-order valence-corrected chi connectivity index (χ1v) is 11.4. The van der Waals surface area contributed by atoms with Crippen LogP contribution in [0.1, 0.15) is 24.5 Å². The number of para-hydroxylation sites is 1. The Hall–Kier alpha value is -3.13. The van der Waals surface area contributed by atoms with E-state index >= 15 is 0 Å². The van der Waals surface area contributed by atoms with Crippen LogP contribution in [0.25, 0.3) is 6.08 Å². The van der Waals surface area contributed by atoms with Gasteiger partial charge in [0.15, 0.2) is 0 Å². The quantitative estimate of drug-likeness (QED) is 0.674. The lowest BCUT2D eigenvalue weighted by Gasteiger charge is -2.36. The van der Waals surface area contributed by atoms with Crippen LogP contribution in [0, 0.1) is 5.82 Å². The summed E-state index contributed by atoms with van der Waals surface area (Å²) in [5.41, 5.74) is 2.56. The van der Waals surface area contributed by atoms with Crippen molar-refractivity contribution in [1.29, 1.82) is 0 Å². The number of aryl methyl sites for hydroxylation is 1. The molecule has 3 amide bonds. The average Bonchev–Trinajstić information content (AvgIpc) is 3.04. The molecule has 0 radical (unpaired) electrons. The van der Waals surface area contributed by atoms with Gasteiger partial charge in [0.25, 0.3) is 11.1 Å². The Bertz CT molecular complexity index is 1090. The summed E-state index contributed by atoms with van der Waals surface area (Å²) in [6.45, 7) is 2.55. The third-order valence-corrected chi connectivity index (χ3v) is 6.61. The summed E-state index contributed by atoms with van der Waals surface area (Å²) in [6, 6.07) is 14.4. The summed E-state index contributed by atoms with van der Waals surface area (Å²) >= 11 is 0.776. The van der Waals surface area contributed by atoms with E-state index in [-0.39, 0.29) is 42.1 Å². The minimum absolute atomic E-state index is 0.0666. The molecule has 0 spiro atoms. The third kappa shape index (κ3) is 4.70. The molecule has 0 aromatic heterocycles. The summed E-state index contributed by atoms with van der Waals surface area (Å²) < 4.78 is 13.9. The predicted molar refractivity (Wildman–Crippen MR) is 124 cm³/mol. The fraction of sp³-hybridized carbons (Fsp3) is 0.292. The Morgan fingerprint density at radius 1 is 1.19 bits per heavy atom. The number of benzene rings is 2. The second-order valence-electron chi connectivity index (χ2n) is 7.85. The van der Waals surface area contributed by atoms with E-state index in [9.17, 15) is 18.8 Å². The largest absolute Gasteiger partial charge is 0.359 e. The molecule has 1 fully saturated rings. The number of amides is 3. The molecule has 2 aliphatic heterocycles. The minimum atomic E-state index is -0.476. The van der Waals surface area contributed by atoms with Crippen molar-refractivity contribution in [2.45, 2.75) is 25.8 Å². The van der Waals surface area contributed by atoms with Gasteiger partial charge in [0, 0.05) is 30.4 Å². The van der Waals surface area contributed by atoms with Crippen molar-refractivity contribution in [3.8, 4) is 0 Å². The first-order chi connectivity index (χ1) is 15.4. The molecular weight excluding hydrogens is 429 g/mol. The fourth-order valence-electron chi connectivity index (χ4n) is 3.94. The maximum atomic E-state index is 13.9. The molecule has 1 saturated heterocycles. The van der Waals surface area contributed by atoms with E-state index in [2.05, 4.69) is 23.2 Å². The number of hydrogen-bond acceptors (Lipinski definition) is 5. The smallest absolute Gasteiger partial charge is 0.293 e. The Kier molecular flexibility index (Phi) is 6.60. The summed E-state index contributed by atoms with van der Waals surface area (Å²) in [4.78, 5) is 40.7. The fourth-order valence-corrected chi connectivity index (χ4v) is 4.80. The number of halogens is 1. The van der Waals surface area contributed by atoms with Gasteiger partial charge in [-0.2, -0.15) is 0 Å². The molecular formula is C24H24FN3O3S. The van der Waals surface area contributed by atoms with E-state index in [0.717, 1.165) is 35.2 Å². The molecule has 1 unspecified atom stereocenters. The van der Waals surface area contributed by atoms with Crippen molar-refractivity contribution in [3.05, 3.63) is 70.4 Å². The van der Waals surface area contributed by atoms with Crippen LogP contribution in [-0.2, 0) is 16.0 Å². The van der Waals surface area contributed by atoms with Crippen LogP contribution >= 0.6 is 11.8 Å². The number of anilines is 1. The second kappa shape index (κ2) is 9.56. The van der Waals surface area contributed by atoms with E-state index in [0.29, 0.717) is 0 Å². The maximum absolute atomic E-state index is 13.9. The normalized spacial score (nSPS) is 19.4. The molecule has 2 aliphatic rings. The molecule has 1 N–H and O–H groups in total. The van der Waals surface area contributed by atoms with Crippen LogP contribution in [0.2, 0.25) is 0 Å². The highest BCUT2D eigenvalue weighted by molar-refractivity contribution is 8.18. The lowest BCUT2D eigenvalue weighted by atomic mass is 9.97. The molecule has 2 aromatic carbocycles. The van der Waals surface area contributed by atoms with Crippen molar-refractivity contribution < 1.29 is 18.8 Å². The Morgan fingerprint density at radius 3 is 2.75 bits per heavy atom. The Balaban J connectivity index is 1.33. The molecule has 0 bridgehead atoms. The predicted octanol–water partition coefficient (Wildman–Crippen LogP) is 3.82. The summed E-state index contributed by atoms with van der Waals surface area (Å²) in [7, 11) is 0. The van der Waals surface area contributed by atoms with Crippen molar-refractivity contribution in [2.75, 3.05) is 24.5 Å².